The lowest BCUT2D eigenvalue weighted by molar-refractivity contribution is 0.102. The van der Waals surface area contributed by atoms with Gasteiger partial charge in [0.1, 0.15) is 11.6 Å². The van der Waals surface area contributed by atoms with Crippen molar-refractivity contribution in [2.24, 2.45) is 0 Å². The molecule has 1 N–H and O–H groups in total. The van der Waals surface area contributed by atoms with E-state index in [0.717, 1.165) is 0 Å². The molecule has 0 aliphatic rings. The molecule has 0 aliphatic heterocycles. The standard InChI is InChI=1S/C14H10Br2FNO2/c1-20-9-3-5-11(16)13(7-9)18-14(19)10-4-2-8(15)6-12(10)17/h2-7H,1H3,(H,18,19). The number of hydrogen-bond acceptors (Lipinski definition) is 2. The summed E-state index contributed by atoms with van der Waals surface area (Å²) in [6, 6.07) is 9.42. The molecule has 104 valence electrons. The highest BCUT2D eigenvalue weighted by Gasteiger charge is 2.13. The zero-order valence-corrected chi connectivity index (χ0v) is 13.6. The van der Waals surface area contributed by atoms with Gasteiger partial charge in [0.25, 0.3) is 5.91 Å². The van der Waals surface area contributed by atoms with Crippen LogP contribution < -0.4 is 10.1 Å². The number of halogens is 3. The molecule has 3 nitrogen and oxygen atoms in total. The van der Waals surface area contributed by atoms with Crippen LogP contribution in [0.4, 0.5) is 10.1 Å². The summed E-state index contributed by atoms with van der Waals surface area (Å²) >= 11 is 6.47. The maximum atomic E-state index is 13.7. The first-order chi connectivity index (χ1) is 9.51. The van der Waals surface area contributed by atoms with Gasteiger partial charge in [-0.15, -0.1) is 0 Å². The third kappa shape index (κ3) is 3.37. The van der Waals surface area contributed by atoms with Gasteiger partial charge in [0.15, 0.2) is 0 Å². The number of methoxy groups -OCH3 is 1. The minimum absolute atomic E-state index is 0.0251. The largest absolute Gasteiger partial charge is 0.497 e. The van der Waals surface area contributed by atoms with E-state index < -0.39 is 11.7 Å². The molecular formula is C14H10Br2FNO2. The van der Waals surface area contributed by atoms with Gasteiger partial charge in [0.05, 0.1) is 18.4 Å². The van der Waals surface area contributed by atoms with Crippen molar-refractivity contribution >= 4 is 43.5 Å². The van der Waals surface area contributed by atoms with Gasteiger partial charge in [0, 0.05) is 15.0 Å². The number of ether oxygens (including phenoxy) is 1. The number of carbonyl (C=O) groups is 1. The fourth-order valence-electron chi connectivity index (χ4n) is 1.59. The molecule has 0 aromatic heterocycles. The molecule has 0 aliphatic carbocycles. The second kappa shape index (κ2) is 6.37. The summed E-state index contributed by atoms with van der Waals surface area (Å²) in [5, 5.41) is 2.64. The van der Waals surface area contributed by atoms with Crippen LogP contribution in [0, 0.1) is 5.82 Å². The molecule has 0 bridgehead atoms. The van der Waals surface area contributed by atoms with E-state index in [9.17, 15) is 9.18 Å². The third-order valence-electron chi connectivity index (χ3n) is 2.60. The summed E-state index contributed by atoms with van der Waals surface area (Å²) in [6.45, 7) is 0. The van der Waals surface area contributed by atoms with Crippen LogP contribution in [0.15, 0.2) is 45.3 Å². The lowest BCUT2D eigenvalue weighted by atomic mass is 10.2. The van der Waals surface area contributed by atoms with Crippen molar-refractivity contribution in [3.8, 4) is 5.75 Å². The lowest BCUT2D eigenvalue weighted by Crippen LogP contribution is -2.14. The quantitative estimate of drug-likeness (QED) is 0.813. The lowest BCUT2D eigenvalue weighted by Gasteiger charge is -2.10. The monoisotopic (exact) mass is 401 g/mol. The number of benzene rings is 2. The summed E-state index contributed by atoms with van der Waals surface area (Å²) in [4.78, 5) is 12.1. The fraction of sp³-hybridized carbons (Fsp3) is 0.0714. The molecule has 2 aromatic rings. The average molecular weight is 403 g/mol. The number of hydrogen-bond donors (Lipinski definition) is 1. The van der Waals surface area contributed by atoms with Crippen LogP contribution in [-0.4, -0.2) is 13.0 Å². The van der Waals surface area contributed by atoms with Crippen LogP contribution in [-0.2, 0) is 0 Å². The van der Waals surface area contributed by atoms with E-state index >= 15 is 0 Å². The topological polar surface area (TPSA) is 38.3 Å². The summed E-state index contributed by atoms with van der Waals surface area (Å²) in [5.74, 6) is -0.514. The fourth-order valence-corrected chi connectivity index (χ4v) is 2.27. The van der Waals surface area contributed by atoms with Gasteiger partial charge < -0.3 is 10.1 Å². The molecule has 20 heavy (non-hydrogen) atoms. The average Bonchev–Trinajstić information content (AvgIpc) is 2.41. The van der Waals surface area contributed by atoms with Crippen molar-refractivity contribution in [1.82, 2.24) is 0 Å². The van der Waals surface area contributed by atoms with Gasteiger partial charge in [-0.05, 0) is 46.3 Å². The Kier molecular flexibility index (Phi) is 4.77. The minimum Gasteiger partial charge on any atom is -0.497 e. The van der Waals surface area contributed by atoms with Gasteiger partial charge in [-0.25, -0.2) is 4.39 Å². The smallest absolute Gasteiger partial charge is 0.258 e. The van der Waals surface area contributed by atoms with Crippen LogP contribution in [0.25, 0.3) is 0 Å². The Balaban J connectivity index is 2.27. The van der Waals surface area contributed by atoms with Crippen molar-refractivity contribution in [1.29, 1.82) is 0 Å². The molecule has 1 amide bonds. The first-order valence-electron chi connectivity index (χ1n) is 5.61. The Bertz CT molecular complexity index is 662. The van der Waals surface area contributed by atoms with Crippen molar-refractivity contribution in [3.05, 3.63) is 56.7 Å². The molecule has 2 rings (SSSR count). The zero-order chi connectivity index (χ0) is 14.7. The maximum Gasteiger partial charge on any atom is 0.258 e. The normalized spacial score (nSPS) is 10.2. The van der Waals surface area contributed by atoms with Crippen LogP contribution in [0.2, 0.25) is 0 Å². The molecule has 0 unspecified atom stereocenters. The number of amides is 1. The summed E-state index contributed by atoms with van der Waals surface area (Å²) in [7, 11) is 1.53. The van der Waals surface area contributed by atoms with Crippen LogP contribution in [0.3, 0.4) is 0 Å². The Morgan fingerprint density at radius 2 is 1.95 bits per heavy atom. The second-order valence-corrected chi connectivity index (χ2v) is 5.69. The van der Waals surface area contributed by atoms with E-state index in [0.29, 0.717) is 20.4 Å². The highest BCUT2D eigenvalue weighted by Crippen LogP contribution is 2.28. The van der Waals surface area contributed by atoms with Crippen LogP contribution in [0.1, 0.15) is 10.4 Å². The number of rotatable bonds is 3. The van der Waals surface area contributed by atoms with Crippen molar-refractivity contribution in [2.45, 2.75) is 0 Å². The van der Waals surface area contributed by atoms with Crippen LogP contribution >= 0.6 is 31.9 Å². The molecule has 0 saturated heterocycles. The van der Waals surface area contributed by atoms with E-state index in [4.69, 9.17) is 4.74 Å². The summed E-state index contributed by atoms with van der Waals surface area (Å²) < 4.78 is 20.1. The Labute approximate surface area is 132 Å². The molecule has 0 radical (unpaired) electrons. The highest BCUT2D eigenvalue weighted by atomic mass is 79.9. The summed E-state index contributed by atoms with van der Waals surface area (Å²) in [5.41, 5.74) is 0.486. The van der Waals surface area contributed by atoms with Crippen molar-refractivity contribution in [3.63, 3.8) is 0 Å². The molecule has 2 aromatic carbocycles. The van der Waals surface area contributed by atoms with Gasteiger partial charge >= 0.3 is 0 Å². The van der Waals surface area contributed by atoms with E-state index in [-0.39, 0.29) is 5.56 Å². The Hall–Kier alpha value is -1.40. The van der Waals surface area contributed by atoms with Gasteiger partial charge in [0.2, 0.25) is 0 Å². The minimum atomic E-state index is -0.587. The second-order valence-electron chi connectivity index (χ2n) is 3.92. The SMILES string of the molecule is COc1ccc(Br)c(NC(=O)c2ccc(Br)cc2F)c1. The first kappa shape index (κ1) is 15.0. The maximum absolute atomic E-state index is 13.7. The van der Waals surface area contributed by atoms with Gasteiger partial charge in [-0.3, -0.25) is 4.79 Å². The first-order valence-corrected chi connectivity index (χ1v) is 7.20. The number of carbonyl (C=O) groups excluding carboxylic acids is 1. The highest BCUT2D eigenvalue weighted by molar-refractivity contribution is 9.10. The van der Waals surface area contributed by atoms with E-state index in [1.807, 2.05) is 0 Å². The molecule has 0 atom stereocenters. The number of nitrogens with one attached hydrogen (secondary N) is 1. The molecule has 0 spiro atoms. The molecule has 0 heterocycles. The van der Waals surface area contributed by atoms with E-state index in [2.05, 4.69) is 37.2 Å². The summed E-state index contributed by atoms with van der Waals surface area (Å²) in [6.07, 6.45) is 0. The predicted octanol–water partition coefficient (Wildman–Crippen LogP) is 4.61. The Morgan fingerprint density at radius 1 is 1.20 bits per heavy atom. The van der Waals surface area contributed by atoms with E-state index in [1.165, 1.54) is 19.2 Å². The molecule has 0 saturated carbocycles. The van der Waals surface area contributed by atoms with Crippen molar-refractivity contribution in [2.75, 3.05) is 12.4 Å². The number of anilines is 1. The third-order valence-corrected chi connectivity index (χ3v) is 3.78. The van der Waals surface area contributed by atoms with Crippen LogP contribution in [0.5, 0.6) is 5.75 Å². The molecule has 0 fully saturated rings. The van der Waals surface area contributed by atoms with Gasteiger partial charge in [-0.1, -0.05) is 15.9 Å². The van der Waals surface area contributed by atoms with E-state index in [1.54, 1.807) is 24.3 Å². The van der Waals surface area contributed by atoms with Gasteiger partial charge in [-0.2, -0.15) is 0 Å². The predicted molar refractivity (Wildman–Crippen MR) is 82.7 cm³/mol. The molecule has 6 heteroatoms. The molecular weight excluding hydrogens is 393 g/mol. The van der Waals surface area contributed by atoms with Crippen molar-refractivity contribution < 1.29 is 13.9 Å². The zero-order valence-electron chi connectivity index (χ0n) is 10.4. The Morgan fingerprint density at radius 3 is 2.60 bits per heavy atom.